The molecule has 5 aliphatic rings. The van der Waals surface area contributed by atoms with Crippen LogP contribution in [-0.4, -0.2) is 54.4 Å². The van der Waals surface area contributed by atoms with Gasteiger partial charge in [0.15, 0.2) is 0 Å². The molecule has 1 unspecified atom stereocenters. The van der Waals surface area contributed by atoms with Crippen LogP contribution in [0, 0.1) is 30.1 Å². The van der Waals surface area contributed by atoms with Gasteiger partial charge in [-0.3, -0.25) is 9.59 Å². The average molecular weight is 600 g/mol. The Morgan fingerprint density at radius 1 is 1.07 bits per heavy atom. The fourth-order valence-electron chi connectivity index (χ4n) is 8.05. The lowest BCUT2D eigenvalue weighted by Crippen LogP contribution is -2.65. The summed E-state index contributed by atoms with van der Waals surface area (Å²) in [6, 6.07) is 17.3. The van der Waals surface area contributed by atoms with Crippen molar-refractivity contribution in [3.63, 3.8) is 0 Å². The molecule has 0 aromatic heterocycles. The first kappa shape index (κ1) is 30.8. The van der Waals surface area contributed by atoms with Crippen molar-refractivity contribution in [3.05, 3.63) is 71.3 Å². The SMILES string of the molecule is Cc1cccc(C(=O)NCC2=NOC(Cc3ccccc3)(C(=O)N[C@@H](CC(C)C)B3O[C@@H]4C[C@@H]5C[C@@H](C5(C)C)[C@]4(C)O3)C2)c1. The summed E-state index contributed by atoms with van der Waals surface area (Å²) in [6.07, 6.45) is 3.51. The Labute approximate surface area is 261 Å². The molecule has 8 nitrogen and oxygen atoms in total. The lowest BCUT2D eigenvalue weighted by molar-refractivity contribution is -0.199. The first-order chi connectivity index (χ1) is 20.9. The van der Waals surface area contributed by atoms with Gasteiger partial charge in [0.05, 0.1) is 29.9 Å². The highest BCUT2D eigenvalue weighted by Crippen LogP contribution is 2.65. The molecule has 2 aromatic carbocycles. The van der Waals surface area contributed by atoms with E-state index in [1.165, 1.54) is 6.42 Å². The van der Waals surface area contributed by atoms with Crippen molar-refractivity contribution < 1.29 is 23.7 Å². The number of oxime groups is 1. The average Bonchev–Trinajstić information content (AvgIpc) is 3.57. The number of carbonyl (C=O) groups excluding carboxylic acids is 2. The van der Waals surface area contributed by atoms with Crippen LogP contribution in [0.15, 0.2) is 59.8 Å². The van der Waals surface area contributed by atoms with Gasteiger partial charge in [0.25, 0.3) is 11.8 Å². The topological polar surface area (TPSA) is 98.2 Å². The Balaban J connectivity index is 1.18. The molecule has 0 spiro atoms. The molecule has 0 radical (unpaired) electrons. The Morgan fingerprint density at radius 3 is 2.55 bits per heavy atom. The smallest absolute Gasteiger partial charge is 0.404 e. The summed E-state index contributed by atoms with van der Waals surface area (Å²) in [5, 5.41) is 10.6. The summed E-state index contributed by atoms with van der Waals surface area (Å²) in [5.74, 6) is 0.622. The quantitative estimate of drug-likeness (QED) is 0.362. The molecule has 2 N–H and O–H groups in total. The molecule has 2 aliphatic heterocycles. The van der Waals surface area contributed by atoms with E-state index in [0.29, 0.717) is 41.9 Å². The number of hydrogen-bond acceptors (Lipinski definition) is 6. The monoisotopic (exact) mass is 599 g/mol. The van der Waals surface area contributed by atoms with Crippen molar-refractivity contribution in [2.24, 2.45) is 28.3 Å². The van der Waals surface area contributed by atoms with Crippen LogP contribution >= 0.6 is 0 Å². The van der Waals surface area contributed by atoms with Crippen molar-refractivity contribution in [2.45, 2.75) is 96.9 Å². The van der Waals surface area contributed by atoms with Crippen LogP contribution in [-0.2, 0) is 25.4 Å². The molecule has 44 heavy (non-hydrogen) atoms. The summed E-state index contributed by atoms with van der Waals surface area (Å²) in [7, 11) is -0.532. The number of nitrogens with zero attached hydrogens (tertiary/aromatic N) is 1. The molecule has 3 aliphatic carbocycles. The first-order valence-electron chi connectivity index (χ1n) is 16.2. The van der Waals surface area contributed by atoms with E-state index in [0.717, 1.165) is 17.5 Å². The normalized spacial score (nSPS) is 30.6. The summed E-state index contributed by atoms with van der Waals surface area (Å²) in [5.41, 5.74) is 1.81. The van der Waals surface area contributed by atoms with Gasteiger partial charge in [-0.25, -0.2) is 0 Å². The second kappa shape index (κ2) is 11.6. The van der Waals surface area contributed by atoms with Crippen LogP contribution in [0.3, 0.4) is 0 Å². The molecule has 9 heteroatoms. The van der Waals surface area contributed by atoms with Gasteiger partial charge < -0.3 is 24.8 Å². The van der Waals surface area contributed by atoms with E-state index in [-0.39, 0.29) is 47.8 Å². The van der Waals surface area contributed by atoms with E-state index in [9.17, 15) is 9.59 Å². The summed E-state index contributed by atoms with van der Waals surface area (Å²) < 4.78 is 13.4. The number of benzene rings is 2. The fraction of sp³-hybridized carbons (Fsp3) is 0.571. The highest BCUT2D eigenvalue weighted by molar-refractivity contribution is 6.48. The summed E-state index contributed by atoms with van der Waals surface area (Å²) in [4.78, 5) is 33.2. The van der Waals surface area contributed by atoms with Crippen LogP contribution in [0.25, 0.3) is 0 Å². The molecule has 7 rings (SSSR count). The van der Waals surface area contributed by atoms with Gasteiger partial charge in [-0.2, -0.15) is 0 Å². The summed E-state index contributed by atoms with van der Waals surface area (Å²) >= 11 is 0. The maximum absolute atomic E-state index is 14.3. The van der Waals surface area contributed by atoms with Crippen molar-refractivity contribution >= 4 is 24.6 Å². The molecular formula is C35H46BN3O5. The molecule has 2 heterocycles. The van der Waals surface area contributed by atoms with Crippen molar-refractivity contribution in [2.75, 3.05) is 6.54 Å². The van der Waals surface area contributed by atoms with E-state index in [2.05, 4.69) is 50.4 Å². The van der Waals surface area contributed by atoms with Crippen LogP contribution in [0.5, 0.6) is 0 Å². The molecule has 4 fully saturated rings. The van der Waals surface area contributed by atoms with Crippen LogP contribution < -0.4 is 10.6 Å². The molecule has 6 atom stereocenters. The Kier molecular flexibility index (Phi) is 8.16. The summed E-state index contributed by atoms with van der Waals surface area (Å²) in [6.45, 7) is 13.3. The molecule has 2 amide bonds. The van der Waals surface area contributed by atoms with Gasteiger partial charge in [0, 0.05) is 18.4 Å². The predicted octanol–water partition coefficient (Wildman–Crippen LogP) is 5.28. The molecule has 1 saturated heterocycles. The number of nitrogens with one attached hydrogen (secondary N) is 2. The minimum Gasteiger partial charge on any atom is -0.404 e. The molecule has 2 aromatic rings. The van der Waals surface area contributed by atoms with Crippen molar-refractivity contribution in [3.8, 4) is 0 Å². The van der Waals surface area contributed by atoms with E-state index < -0.39 is 12.7 Å². The number of hydrogen-bond donors (Lipinski definition) is 2. The van der Waals surface area contributed by atoms with E-state index in [1.807, 2.05) is 55.5 Å². The third kappa shape index (κ3) is 5.69. The first-order valence-corrected chi connectivity index (χ1v) is 16.2. The van der Waals surface area contributed by atoms with Crippen LogP contribution in [0.1, 0.15) is 81.8 Å². The maximum atomic E-state index is 14.3. The molecule has 3 saturated carbocycles. The lowest BCUT2D eigenvalue weighted by atomic mass is 9.43. The van der Waals surface area contributed by atoms with E-state index in [4.69, 9.17) is 14.1 Å². The standard InChI is InChI=1S/C35H46BN3O5/c1-22(2)15-30(36-42-29-18-26-17-28(33(26,4)5)34(29,6)43-36)38-32(41)35(19-24-12-8-7-9-13-24)20-27(39-44-35)21-37-31(40)25-14-10-11-23(3)16-25/h7-14,16,22,26,28-30H,15,17-21H2,1-6H3,(H,37,40)(H,38,41)/t26-,28-,29+,30-,34-,35?/m0/s1. The lowest BCUT2D eigenvalue weighted by Gasteiger charge is -2.64. The second-order valence-electron chi connectivity index (χ2n) is 14.7. The third-order valence-corrected chi connectivity index (χ3v) is 10.7. The predicted molar refractivity (Wildman–Crippen MR) is 171 cm³/mol. The Hall–Kier alpha value is -3.17. The zero-order valence-electron chi connectivity index (χ0n) is 26.9. The zero-order chi connectivity index (χ0) is 31.3. The van der Waals surface area contributed by atoms with Gasteiger partial charge in [-0.05, 0) is 74.0 Å². The number of aryl methyl sites for hydroxylation is 1. The highest BCUT2D eigenvalue weighted by Gasteiger charge is 2.68. The van der Waals surface area contributed by atoms with Crippen molar-refractivity contribution in [1.29, 1.82) is 0 Å². The number of carbonyl (C=O) groups is 2. The highest BCUT2D eigenvalue weighted by atomic mass is 16.7. The zero-order valence-corrected chi connectivity index (χ0v) is 26.9. The van der Waals surface area contributed by atoms with Crippen LogP contribution in [0.2, 0.25) is 0 Å². The molecule has 234 valence electrons. The minimum absolute atomic E-state index is 0.0313. The maximum Gasteiger partial charge on any atom is 0.481 e. The van der Waals surface area contributed by atoms with Gasteiger partial charge in [-0.15, -0.1) is 0 Å². The minimum atomic E-state index is -1.25. The molecular weight excluding hydrogens is 553 g/mol. The number of amides is 2. The largest absolute Gasteiger partial charge is 0.481 e. The van der Waals surface area contributed by atoms with Crippen molar-refractivity contribution in [1.82, 2.24) is 10.6 Å². The Bertz CT molecular complexity index is 1430. The van der Waals surface area contributed by atoms with Gasteiger partial charge in [0.2, 0.25) is 5.60 Å². The fourth-order valence-corrected chi connectivity index (χ4v) is 8.05. The van der Waals surface area contributed by atoms with Gasteiger partial charge in [-0.1, -0.05) is 80.9 Å². The Morgan fingerprint density at radius 2 is 1.84 bits per heavy atom. The second-order valence-corrected chi connectivity index (χ2v) is 14.7. The van der Waals surface area contributed by atoms with E-state index >= 15 is 0 Å². The number of rotatable bonds is 10. The third-order valence-electron chi connectivity index (χ3n) is 10.7. The van der Waals surface area contributed by atoms with Crippen LogP contribution in [0.4, 0.5) is 0 Å². The molecule has 2 bridgehead atoms. The van der Waals surface area contributed by atoms with E-state index in [1.54, 1.807) is 6.07 Å². The van der Waals surface area contributed by atoms with Gasteiger partial charge >= 0.3 is 7.12 Å². The van der Waals surface area contributed by atoms with Gasteiger partial charge in [0.1, 0.15) is 0 Å².